The molecule has 0 saturated carbocycles. The van der Waals surface area contributed by atoms with Crippen LogP contribution in [-0.2, 0) is 0 Å². The molecular formula is C13H17N5O3. The lowest BCUT2D eigenvalue weighted by atomic mass is 10.3. The van der Waals surface area contributed by atoms with Crippen LogP contribution in [0, 0.1) is 10.1 Å². The molecule has 2 heterocycles. The minimum absolute atomic E-state index is 0.0954. The molecular weight excluding hydrogens is 274 g/mol. The van der Waals surface area contributed by atoms with E-state index in [9.17, 15) is 14.9 Å². The maximum Gasteiger partial charge on any atom is 0.376 e. The second kappa shape index (κ2) is 5.88. The topological polar surface area (TPSA) is 84.0 Å². The molecule has 8 heteroatoms. The van der Waals surface area contributed by atoms with E-state index >= 15 is 0 Å². The maximum absolute atomic E-state index is 12.3. The van der Waals surface area contributed by atoms with E-state index in [1.165, 1.54) is 10.6 Å². The highest BCUT2D eigenvalue weighted by atomic mass is 16.6. The Hall–Kier alpha value is -2.48. The lowest BCUT2D eigenvalue weighted by Crippen LogP contribution is -2.31. The first kappa shape index (κ1) is 14.9. The molecule has 0 amide bonds. The Morgan fingerprint density at radius 1 is 1.29 bits per heavy atom. The number of fused-ring (bicyclic) bond motifs is 1. The van der Waals surface area contributed by atoms with Crippen molar-refractivity contribution in [2.24, 2.45) is 0 Å². The molecule has 21 heavy (non-hydrogen) atoms. The molecule has 8 nitrogen and oxygen atoms in total. The van der Waals surface area contributed by atoms with Crippen LogP contribution in [0.2, 0.25) is 0 Å². The molecule has 112 valence electrons. The van der Waals surface area contributed by atoms with Gasteiger partial charge in [0, 0.05) is 26.3 Å². The summed E-state index contributed by atoms with van der Waals surface area (Å²) >= 11 is 0. The summed E-state index contributed by atoms with van der Waals surface area (Å²) < 4.78 is 1.18. The maximum atomic E-state index is 12.3. The summed E-state index contributed by atoms with van der Waals surface area (Å²) in [5.41, 5.74) is -0.780. The fourth-order valence-corrected chi connectivity index (χ4v) is 1.95. The zero-order valence-electron chi connectivity index (χ0n) is 12.2. The molecule has 0 aliphatic carbocycles. The third-order valence-corrected chi connectivity index (χ3v) is 3.12. The number of nitrogens with zero attached hydrogens (tertiary/aromatic N) is 5. The number of nitro groups is 1. The molecule has 0 bridgehead atoms. The Morgan fingerprint density at radius 3 is 2.62 bits per heavy atom. The number of aromatic nitrogens is 2. The summed E-state index contributed by atoms with van der Waals surface area (Å²) in [6.07, 6.45) is 1.47. The van der Waals surface area contributed by atoms with Crippen molar-refractivity contribution in [3.8, 4) is 0 Å². The van der Waals surface area contributed by atoms with Crippen molar-refractivity contribution >= 4 is 17.2 Å². The van der Waals surface area contributed by atoms with Gasteiger partial charge in [0.2, 0.25) is 5.82 Å². The first-order chi connectivity index (χ1) is 9.91. The number of pyridine rings is 1. The van der Waals surface area contributed by atoms with Crippen molar-refractivity contribution in [1.82, 2.24) is 14.3 Å². The molecule has 2 aromatic heterocycles. The van der Waals surface area contributed by atoms with Crippen LogP contribution < -0.4 is 10.5 Å². The number of anilines is 1. The van der Waals surface area contributed by atoms with E-state index in [2.05, 4.69) is 4.98 Å². The molecule has 0 radical (unpaired) electrons. The van der Waals surface area contributed by atoms with Gasteiger partial charge in [0.1, 0.15) is 5.65 Å². The Morgan fingerprint density at radius 2 is 2.00 bits per heavy atom. The molecule has 0 unspecified atom stereocenters. The average Bonchev–Trinajstić information content (AvgIpc) is 2.44. The first-order valence-corrected chi connectivity index (χ1v) is 6.43. The Balaban J connectivity index is 2.58. The third-order valence-electron chi connectivity index (χ3n) is 3.12. The molecule has 0 aliphatic heterocycles. The zero-order chi connectivity index (χ0) is 15.6. The fraction of sp³-hybridized carbons (Fsp3) is 0.385. The van der Waals surface area contributed by atoms with Crippen molar-refractivity contribution in [2.75, 3.05) is 39.1 Å². The van der Waals surface area contributed by atoms with Crippen molar-refractivity contribution in [3.63, 3.8) is 0 Å². The van der Waals surface area contributed by atoms with E-state index in [-0.39, 0.29) is 5.82 Å². The molecule has 0 aromatic carbocycles. The number of hydrogen-bond acceptors (Lipinski definition) is 6. The van der Waals surface area contributed by atoms with Gasteiger partial charge in [-0.1, -0.05) is 6.07 Å². The Bertz CT molecular complexity index is 725. The highest BCUT2D eigenvalue weighted by Gasteiger charge is 2.25. The normalized spacial score (nSPS) is 11.0. The standard InChI is InChI=1S/C13H17N5O3/c1-15(2)8-9-16(3)12-11(18(20)21)13(19)17-7-5-4-6-10(17)14-12/h4-7H,8-9H2,1-3H3. The van der Waals surface area contributed by atoms with Gasteiger partial charge in [-0.3, -0.25) is 19.3 Å². The van der Waals surface area contributed by atoms with Crippen LogP contribution in [0.3, 0.4) is 0 Å². The van der Waals surface area contributed by atoms with Gasteiger partial charge >= 0.3 is 11.2 Å². The van der Waals surface area contributed by atoms with Crippen molar-refractivity contribution in [2.45, 2.75) is 0 Å². The van der Waals surface area contributed by atoms with Crippen molar-refractivity contribution < 1.29 is 4.92 Å². The van der Waals surface area contributed by atoms with Gasteiger partial charge in [0.15, 0.2) is 0 Å². The number of likely N-dealkylation sites (N-methyl/N-ethyl adjacent to an activating group) is 2. The van der Waals surface area contributed by atoms with Gasteiger partial charge in [0.05, 0.1) is 4.92 Å². The van der Waals surface area contributed by atoms with Crippen LogP contribution in [0.5, 0.6) is 0 Å². The van der Waals surface area contributed by atoms with E-state index in [0.29, 0.717) is 18.7 Å². The molecule has 0 saturated heterocycles. The van der Waals surface area contributed by atoms with Crippen LogP contribution in [0.25, 0.3) is 5.65 Å². The van der Waals surface area contributed by atoms with E-state index in [4.69, 9.17) is 0 Å². The quantitative estimate of drug-likeness (QED) is 0.592. The van der Waals surface area contributed by atoms with E-state index in [0.717, 1.165) is 0 Å². The summed E-state index contributed by atoms with van der Waals surface area (Å²) in [5.74, 6) is 0.0954. The lowest BCUT2D eigenvalue weighted by molar-refractivity contribution is -0.385. The molecule has 0 N–H and O–H groups in total. The SMILES string of the molecule is CN(C)CCN(C)c1nc2ccccn2c(=O)c1[N+](=O)[O-]. The minimum Gasteiger partial charge on any atom is -0.352 e. The molecule has 2 aromatic rings. The summed E-state index contributed by atoms with van der Waals surface area (Å²) in [6.45, 7) is 1.23. The van der Waals surface area contributed by atoms with Gasteiger partial charge in [0.25, 0.3) is 0 Å². The third kappa shape index (κ3) is 3.00. The smallest absolute Gasteiger partial charge is 0.352 e. The number of rotatable bonds is 5. The second-order valence-electron chi connectivity index (χ2n) is 5.00. The van der Waals surface area contributed by atoms with E-state index < -0.39 is 16.2 Å². The highest BCUT2D eigenvalue weighted by molar-refractivity contribution is 5.61. The van der Waals surface area contributed by atoms with Gasteiger partial charge in [-0.05, 0) is 26.2 Å². The number of hydrogen-bond donors (Lipinski definition) is 0. The molecule has 0 spiro atoms. The predicted molar refractivity (Wildman–Crippen MR) is 79.9 cm³/mol. The van der Waals surface area contributed by atoms with E-state index in [1.54, 1.807) is 30.1 Å². The summed E-state index contributed by atoms with van der Waals surface area (Å²) in [6, 6.07) is 5.01. The van der Waals surface area contributed by atoms with Gasteiger partial charge < -0.3 is 9.80 Å². The van der Waals surface area contributed by atoms with Gasteiger partial charge in [-0.25, -0.2) is 4.98 Å². The predicted octanol–water partition coefficient (Wildman–Crippen LogP) is 0.601. The minimum atomic E-state index is -0.670. The van der Waals surface area contributed by atoms with Crippen molar-refractivity contribution in [3.05, 3.63) is 44.9 Å². The monoisotopic (exact) mass is 291 g/mol. The lowest BCUT2D eigenvalue weighted by Gasteiger charge is -2.20. The summed E-state index contributed by atoms with van der Waals surface area (Å²) in [4.78, 5) is 30.7. The fourth-order valence-electron chi connectivity index (χ4n) is 1.95. The van der Waals surface area contributed by atoms with Crippen molar-refractivity contribution in [1.29, 1.82) is 0 Å². The van der Waals surface area contributed by atoms with Gasteiger partial charge in [-0.15, -0.1) is 0 Å². The van der Waals surface area contributed by atoms with Crippen LogP contribution in [0.1, 0.15) is 0 Å². The van der Waals surface area contributed by atoms with Gasteiger partial charge in [-0.2, -0.15) is 0 Å². The molecule has 0 atom stereocenters. The Kier molecular flexibility index (Phi) is 4.18. The van der Waals surface area contributed by atoms with Crippen LogP contribution >= 0.6 is 0 Å². The highest BCUT2D eigenvalue weighted by Crippen LogP contribution is 2.21. The molecule has 2 rings (SSSR count). The average molecular weight is 291 g/mol. The first-order valence-electron chi connectivity index (χ1n) is 6.43. The molecule has 0 aliphatic rings. The van der Waals surface area contributed by atoms with E-state index in [1.807, 2.05) is 19.0 Å². The molecule has 0 fully saturated rings. The summed E-state index contributed by atoms with van der Waals surface area (Å²) in [7, 11) is 5.51. The van der Waals surface area contributed by atoms with Crippen LogP contribution in [0.4, 0.5) is 11.5 Å². The Labute approximate surface area is 121 Å². The summed E-state index contributed by atoms with van der Waals surface area (Å²) in [5, 5.41) is 11.2. The zero-order valence-corrected chi connectivity index (χ0v) is 12.2. The van der Waals surface area contributed by atoms with Crippen LogP contribution in [-0.4, -0.2) is 53.4 Å². The second-order valence-corrected chi connectivity index (χ2v) is 5.00. The largest absolute Gasteiger partial charge is 0.376 e. The van der Waals surface area contributed by atoms with Crippen LogP contribution in [0.15, 0.2) is 29.2 Å².